The van der Waals surface area contributed by atoms with Gasteiger partial charge in [0.05, 0.1) is 23.6 Å². The third-order valence-electron chi connectivity index (χ3n) is 3.82. The van der Waals surface area contributed by atoms with Crippen LogP contribution in [0.5, 0.6) is 0 Å². The van der Waals surface area contributed by atoms with E-state index in [4.69, 9.17) is 4.74 Å². The molecule has 2 aromatic heterocycles. The van der Waals surface area contributed by atoms with Gasteiger partial charge in [-0.3, -0.25) is 13.8 Å². The molecule has 0 saturated carbocycles. The Kier molecular flexibility index (Phi) is 2.56. The lowest BCUT2D eigenvalue weighted by molar-refractivity contribution is 0.0969. The average molecular weight is 270 g/mol. The van der Waals surface area contributed by atoms with Crippen LogP contribution in [0.1, 0.15) is 12.8 Å². The molecule has 6 nitrogen and oxygen atoms in total. The molecule has 0 N–H and O–H groups in total. The van der Waals surface area contributed by atoms with Gasteiger partial charge in [0.1, 0.15) is 6.33 Å². The number of aromatic nitrogens is 4. The van der Waals surface area contributed by atoms with Gasteiger partial charge in [0.25, 0.3) is 5.56 Å². The van der Waals surface area contributed by atoms with Crippen molar-refractivity contribution < 1.29 is 4.74 Å². The van der Waals surface area contributed by atoms with E-state index in [1.807, 2.05) is 28.7 Å². The molecule has 1 atom stereocenters. The van der Waals surface area contributed by atoms with Gasteiger partial charge in [-0.05, 0) is 25.0 Å². The molecule has 1 aromatic carbocycles. The molecule has 0 aliphatic carbocycles. The summed E-state index contributed by atoms with van der Waals surface area (Å²) < 4.78 is 9.16. The Hall–Kier alpha value is -2.21. The van der Waals surface area contributed by atoms with E-state index in [1.165, 1.54) is 0 Å². The fourth-order valence-corrected chi connectivity index (χ4v) is 2.84. The number of para-hydroxylation sites is 1. The van der Waals surface area contributed by atoms with Gasteiger partial charge in [0.2, 0.25) is 5.78 Å². The zero-order chi connectivity index (χ0) is 13.5. The quantitative estimate of drug-likeness (QED) is 0.702. The molecule has 0 spiro atoms. The first kappa shape index (κ1) is 11.6. The number of nitrogens with zero attached hydrogens (tertiary/aromatic N) is 4. The molecule has 1 unspecified atom stereocenters. The first-order valence-corrected chi connectivity index (χ1v) is 6.77. The van der Waals surface area contributed by atoms with E-state index < -0.39 is 0 Å². The highest BCUT2D eigenvalue weighted by atomic mass is 16.5. The normalized spacial score (nSPS) is 19.1. The minimum absolute atomic E-state index is 0.0309. The number of fused-ring (bicyclic) bond motifs is 3. The average Bonchev–Trinajstić information content (AvgIpc) is 3.14. The van der Waals surface area contributed by atoms with Crippen LogP contribution in [0.4, 0.5) is 0 Å². The summed E-state index contributed by atoms with van der Waals surface area (Å²) in [6.45, 7) is 1.31. The summed E-state index contributed by atoms with van der Waals surface area (Å²) in [5.74, 6) is 0.573. The summed E-state index contributed by atoms with van der Waals surface area (Å²) in [6, 6.07) is 7.52. The summed E-state index contributed by atoms with van der Waals surface area (Å²) in [5, 5.41) is 8.71. The zero-order valence-electron chi connectivity index (χ0n) is 10.9. The van der Waals surface area contributed by atoms with Gasteiger partial charge in [-0.15, -0.1) is 10.2 Å². The summed E-state index contributed by atoms with van der Waals surface area (Å²) in [7, 11) is 0. The molecule has 6 heteroatoms. The number of hydrogen-bond acceptors (Lipinski definition) is 4. The van der Waals surface area contributed by atoms with E-state index in [1.54, 1.807) is 10.9 Å². The Bertz CT molecular complexity index is 830. The van der Waals surface area contributed by atoms with Gasteiger partial charge in [-0.25, -0.2) is 0 Å². The lowest BCUT2D eigenvalue weighted by Gasteiger charge is -2.13. The molecular formula is C14H14N4O2. The van der Waals surface area contributed by atoms with Gasteiger partial charge >= 0.3 is 0 Å². The van der Waals surface area contributed by atoms with Crippen LogP contribution >= 0.6 is 0 Å². The van der Waals surface area contributed by atoms with Crippen LogP contribution in [0.3, 0.4) is 0 Å². The van der Waals surface area contributed by atoms with Crippen molar-refractivity contribution in [1.29, 1.82) is 0 Å². The maximum Gasteiger partial charge on any atom is 0.262 e. The second-order valence-electron chi connectivity index (χ2n) is 5.07. The van der Waals surface area contributed by atoms with E-state index in [-0.39, 0.29) is 11.7 Å². The van der Waals surface area contributed by atoms with E-state index in [2.05, 4.69) is 10.2 Å². The van der Waals surface area contributed by atoms with Crippen molar-refractivity contribution >= 4 is 16.7 Å². The van der Waals surface area contributed by atoms with Crippen molar-refractivity contribution in [2.75, 3.05) is 6.61 Å². The van der Waals surface area contributed by atoms with E-state index in [0.29, 0.717) is 17.7 Å². The summed E-state index contributed by atoms with van der Waals surface area (Å²) >= 11 is 0. The fraction of sp³-hybridized carbons (Fsp3) is 0.357. The minimum Gasteiger partial charge on any atom is -0.376 e. The molecule has 20 heavy (non-hydrogen) atoms. The molecule has 1 aliphatic rings. The molecule has 0 bridgehead atoms. The predicted molar refractivity (Wildman–Crippen MR) is 73.7 cm³/mol. The second-order valence-corrected chi connectivity index (χ2v) is 5.07. The molecule has 102 valence electrons. The van der Waals surface area contributed by atoms with E-state index in [9.17, 15) is 4.79 Å². The highest BCUT2D eigenvalue weighted by molar-refractivity contribution is 5.79. The number of benzene rings is 1. The van der Waals surface area contributed by atoms with Crippen molar-refractivity contribution in [1.82, 2.24) is 19.2 Å². The topological polar surface area (TPSA) is 61.4 Å². The van der Waals surface area contributed by atoms with Gasteiger partial charge in [-0.1, -0.05) is 12.1 Å². The van der Waals surface area contributed by atoms with Crippen LogP contribution in [-0.4, -0.2) is 31.9 Å². The van der Waals surface area contributed by atoms with Crippen LogP contribution < -0.4 is 5.56 Å². The van der Waals surface area contributed by atoms with Crippen molar-refractivity contribution in [3.63, 3.8) is 0 Å². The lowest BCUT2D eigenvalue weighted by atomic mass is 10.2. The molecular weight excluding hydrogens is 256 g/mol. The SMILES string of the molecule is O=c1c2ccccc2n2cnnc2n1CC1CCCO1. The first-order chi connectivity index (χ1) is 9.84. The number of hydrogen-bond donors (Lipinski definition) is 0. The third kappa shape index (κ3) is 1.65. The standard InChI is InChI=1S/C14H14N4O2/c19-13-11-5-1-2-6-12(11)18-9-15-16-14(18)17(13)8-10-4-3-7-20-10/h1-2,5-6,9-10H,3-4,7-8H2. The van der Waals surface area contributed by atoms with Gasteiger partial charge in [0, 0.05) is 6.61 Å². The second kappa shape index (κ2) is 4.42. The van der Waals surface area contributed by atoms with Crippen LogP contribution in [0, 0.1) is 0 Å². The molecule has 0 amide bonds. The Morgan fingerprint density at radius 2 is 2.25 bits per heavy atom. The van der Waals surface area contributed by atoms with Crippen molar-refractivity contribution in [2.45, 2.75) is 25.5 Å². The molecule has 3 heterocycles. The zero-order valence-corrected chi connectivity index (χ0v) is 10.9. The summed E-state index contributed by atoms with van der Waals surface area (Å²) in [5.41, 5.74) is 0.803. The van der Waals surface area contributed by atoms with E-state index in [0.717, 1.165) is 25.0 Å². The Morgan fingerprint density at radius 1 is 1.35 bits per heavy atom. The Morgan fingerprint density at radius 3 is 3.10 bits per heavy atom. The summed E-state index contributed by atoms with van der Waals surface area (Å²) in [4.78, 5) is 12.7. The first-order valence-electron chi connectivity index (χ1n) is 6.77. The van der Waals surface area contributed by atoms with Crippen LogP contribution in [0.2, 0.25) is 0 Å². The van der Waals surface area contributed by atoms with Crippen LogP contribution in [0.25, 0.3) is 16.7 Å². The number of ether oxygens (including phenoxy) is 1. The molecule has 4 rings (SSSR count). The van der Waals surface area contributed by atoms with Crippen molar-refractivity contribution in [3.05, 3.63) is 40.9 Å². The minimum atomic E-state index is -0.0309. The van der Waals surface area contributed by atoms with Crippen LogP contribution in [-0.2, 0) is 11.3 Å². The third-order valence-corrected chi connectivity index (χ3v) is 3.82. The molecule has 1 saturated heterocycles. The largest absolute Gasteiger partial charge is 0.376 e. The lowest BCUT2D eigenvalue weighted by Crippen LogP contribution is -2.28. The van der Waals surface area contributed by atoms with Crippen LogP contribution in [0.15, 0.2) is 35.4 Å². The highest BCUT2D eigenvalue weighted by Gasteiger charge is 2.20. The molecule has 1 aliphatic heterocycles. The van der Waals surface area contributed by atoms with Gasteiger partial charge in [-0.2, -0.15) is 0 Å². The highest BCUT2D eigenvalue weighted by Crippen LogP contribution is 2.16. The Labute approximate surface area is 114 Å². The maximum atomic E-state index is 12.7. The van der Waals surface area contributed by atoms with Crippen molar-refractivity contribution in [3.8, 4) is 0 Å². The summed E-state index contributed by atoms with van der Waals surface area (Å²) in [6.07, 6.45) is 3.77. The van der Waals surface area contributed by atoms with Gasteiger partial charge < -0.3 is 4.74 Å². The Balaban J connectivity index is 1.99. The maximum absolute atomic E-state index is 12.7. The predicted octanol–water partition coefficient (Wildman–Crippen LogP) is 1.22. The molecule has 3 aromatic rings. The molecule has 1 fully saturated rings. The number of rotatable bonds is 2. The molecule has 0 radical (unpaired) electrons. The van der Waals surface area contributed by atoms with Crippen molar-refractivity contribution in [2.24, 2.45) is 0 Å². The van der Waals surface area contributed by atoms with E-state index >= 15 is 0 Å². The van der Waals surface area contributed by atoms with Gasteiger partial charge in [0.15, 0.2) is 0 Å². The monoisotopic (exact) mass is 270 g/mol. The smallest absolute Gasteiger partial charge is 0.262 e. The fourth-order valence-electron chi connectivity index (χ4n) is 2.84.